The molecule has 1 aromatic carbocycles. The van der Waals surface area contributed by atoms with Gasteiger partial charge in [0.15, 0.2) is 0 Å². The van der Waals surface area contributed by atoms with Crippen LogP contribution in [0.3, 0.4) is 0 Å². The molecule has 13 heavy (non-hydrogen) atoms. The van der Waals surface area contributed by atoms with Crippen molar-refractivity contribution in [2.75, 3.05) is 13.7 Å². The molecule has 0 amide bonds. The second-order valence-corrected chi connectivity index (χ2v) is 3.44. The van der Waals surface area contributed by atoms with Crippen molar-refractivity contribution in [3.63, 3.8) is 0 Å². The van der Waals surface area contributed by atoms with Gasteiger partial charge in [0.1, 0.15) is 5.75 Å². The number of aryl methyl sites for hydroxylation is 1. The van der Waals surface area contributed by atoms with Gasteiger partial charge in [0.25, 0.3) is 0 Å². The molecule has 2 N–H and O–H groups in total. The molecule has 1 aliphatic rings. The highest BCUT2D eigenvalue weighted by Crippen LogP contribution is 2.32. The van der Waals surface area contributed by atoms with Crippen molar-refractivity contribution >= 4 is 0 Å². The Balaban J connectivity index is 2.25. The number of nitrogens with zero attached hydrogens (tertiary/aromatic N) is 1. The number of hydrogen-bond acceptors (Lipinski definition) is 3. The van der Waals surface area contributed by atoms with Gasteiger partial charge in [0.2, 0.25) is 0 Å². The highest BCUT2D eigenvalue weighted by atomic mass is 16.5. The maximum absolute atomic E-state index is 5.62. The third kappa shape index (κ3) is 1.53. The van der Waals surface area contributed by atoms with Crippen molar-refractivity contribution in [1.82, 2.24) is 5.01 Å². The Hall–Kier alpha value is -1.06. The van der Waals surface area contributed by atoms with Crippen LogP contribution in [-0.2, 0) is 0 Å². The van der Waals surface area contributed by atoms with Crippen molar-refractivity contribution < 1.29 is 4.74 Å². The SMILES string of the molecule is COc1ccc(C2CN2N)cc1C. The molecule has 1 aromatic rings. The number of rotatable bonds is 2. The molecule has 3 nitrogen and oxygen atoms in total. The van der Waals surface area contributed by atoms with Gasteiger partial charge in [-0.15, -0.1) is 0 Å². The zero-order valence-electron chi connectivity index (χ0n) is 7.95. The van der Waals surface area contributed by atoms with E-state index in [1.54, 1.807) is 7.11 Å². The number of methoxy groups -OCH3 is 1. The van der Waals surface area contributed by atoms with Gasteiger partial charge in [-0.2, -0.15) is 0 Å². The van der Waals surface area contributed by atoms with Crippen LogP contribution in [-0.4, -0.2) is 18.7 Å². The summed E-state index contributed by atoms with van der Waals surface area (Å²) >= 11 is 0. The molecule has 2 atom stereocenters. The van der Waals surface area contributed by atoms with Crippen molar-refractivity contribution in [3.05, 3.63) is 29.3 Å². The van der Waals surface area contributed by atoms with Crippen molar-refractivity contribution in [3.8, 4) is 5.75 Å². The van der Waals surface area contributed by atoms with Crippen molar-refractivity contribution in [2.45, 2.75) is 13.0 Å². The van der Waals surface area contributed by atoms with Crippen LogP contribution < -0.4 is 10.6 Å². The van der Waals surface area contributed by atoms with Gasteiger partial charge in [-0.05, 0) is 24.1 Å². The van der Waals surface area contributed by atoms with Crippen LogP contribution in [0.15, 0.2) is 18.2 Å². The third-order valence-electron chi connectivity index (χ3n) is 2.45. The average Bonchev–Trinajstić information content (AvgIpc) is 2.82. The minimum absolute atomic E-state index is 0.421. The lowest BCUT2D eigenvalue weighted by Crippen LogP contribution is -2.06. The fourth-order valence-electron chi connectivity index (χ4n) is 1.56. The molecule has 0 radical (unpaired) electrons. The average molecular weight is 178 g/mol. The molecule has 2 rings (SSSR count). The number of ether oxygens (including phenoxy) is 1. The van der Waals surface area contributed by atoms with Crippen LogP contribution in [0.5, 0.6) is 5.75 Å². The van der Waals surface area contributed by atoms with Gasteiger partial charge >= 0.3 is 0 Å². The summed E-state index contributed by atoms with van der Waals surface area (Å²) in [5.74, 6) is 6.56. The molecule has 0 bridgehead atoms. The maximum atomic E-state index is 5.62. The quantitative estimate of drug-likeness (QED) is 0.547. The minimum atomic E-state index is 0.421. The topological polar surface area (TPSA) is 38.3 Å². The van der Waals surface area contributed by atoms with Crippen LogP contribution in [0.1, 0.15) is 17.2 Å². The largest absolute Gasteiger partial charge is 0.496 e. The van der Waals surface area contributed by atoms with Crippen LogP contribution in [0, 0.1) is 6.92 Å². The number of nitrogens with two attached hydrogens (primary N) is 1. The summed E-state index contributed by atoms with van der Waals surface area (Å²) in [6.07, 6.45) is 0. The Morgan fingerprint density at radius 1 is 1.54 bits per heavy atom. The number of hydrazine groups is 1. The van der Waals surface area contributed by atoms with Crippen LogP contribution >= 0.6 is 0 Å². The highest BCUT2D eigenvalue weighted by molar-refractivity contribution is 5.38. The van der Waals surface area contributed by atoms with E-state index in [0.717, 1.165) is 12.3 Å². The molecule has 0 spiro atoms. The predicted molar refractivity (Wildman–Crippen MR) is 51.4 cm³/mol. The first-order chi connectivity index (χ1) is 6.22. The molecule has 2 unspecified atom stereocenters. The van der Waals surface area contributed by atoms with E-state index in [2.05, 4.69) is 12.1 Å². The molecule has 1 fully saturated rings. The Kier molecular flexibility index (Phi) is 1.98. The van der Waals surface area contributed by atoms with Gasteiger partial charge < -0.3 is 4.74 Å². The van der Waals surface area contributed by atoms with Crippen molar-refractivity contribution in [1.29, 1.82) is 0 Å². The molecule has 0 saturated carbocycles. The molecule has 1 heterocycles. The second kappa shape index (κ2) is 3.01. The number of benzene rings is 1. The first kappa shape index (κ1) is 8.53. The summed E-state index contributed by atoms with van der Waals surface area (Å²) in [7, 11) is 1.69. The van der Waals surface area contributed by atoms with Gasteiger partial charge in [-0.1, -0.05) is 12.1 Å². The van der Waals surface area contributed by atoms with E-state index in [0.29, 0.717) is 6.04 Å². The van der Waals surface area contributed by atoms with E-state index in [1.165, 1.54) is 11.1 Å². The van der Waals surface area contributed by atoms with Gasteiger partial charge in [-0.25, -0.2) is 5.01 Å². The molecule has 3 heteroatoms. The summed E-state index contributed by atoms with van der Waals surface area (Å²) < 4.78 is 5.18. The zero-order chi connectivity index (χ0) is 9.42. The Morgan fingerprint density at radius 3 is 2.69 bits per heavy atom. The maximum Gasteiger partial charge on any atom is 0.121 e. The Bertz CT molecular complexity index is 325. The normalized spacial score (nSPS) is 25.8. The molecular weight excluding hydrogens is 164 g/mol. The summed E-state index contributed by atoms with van der Waals surface area (Å²) in [5, 5.41) is 1.82. The highest BCUT2D eigenvalue weighted by Gasteiger charge is 2.32. The first-order valence-corrected chi connectivity index (χ1v) is 4.38. The van der Waals surface area contributed by atoms with E-state index in [9.17, 15) is 0 Å². The monoisotopic (exact) mass is 178 g/mol. The van der Waals surface area contributed by atoms with Crippen LogP contribution in [0.25, 0.3) is 0 Å². The lowest BCUT2D eigenvalue weighted by atomic mass is 10.1. The molecule has 1 aliphatic heterocycles. The minimum Gasteiger partial charge on any atom is -0.496 e. The molecule has 70 valence electrons. The van der Waals surface area contributed by atoms with Gasteiger partial charge in [0, 0.05) is 6.54 Å². The molecule has 1 saturated heterocycles. The van der Waals surface area contributed by atoms with Crippen LogP contribution in [0.4, 0.5) is 0 Å². The first-order valence-electron chi connectivity index (χ1n) is 4.38. The Morgan fingerprint density at radius 2 is 2.23 bits per heavy atom. The standard InChI is InChI=1S/C10H14N2O/c1-7-5-8(9-6-12(9)11)3-4-10(7)13-2/h3-5,9H,6,11H2,1-2H3. The fraction of sp³-hybridized carbons (Fsp3) is 0.400. The molecule has 0 aliphatic carbocycles. The molecule has 0 aromatic heterocycles. The summed E-state index contributed by atoms with van der Waals surface area (Å²) in [4.78, 5) is 0. The lowest BCUT2D eigenvalue weighted by Gasteiger charge is -2.06. The van der Waals surface area contributed by atoms with Gasteiger partial charge in [-0.3, -0.25) is 5.84 Å². The van der Waals surface area contributed by atoms with E-state index in [4.69, 9.17) is 10.6 Å². The summed E-state index contributed by atoms with van der Waals surface area (Å²) in [6, 6.07) is 6.63. The zero-order valence-corrected chi connectivity index (χ0v) is 7.95. The Labute approximate surface area is 78.1 Å². The van der Waals surface area contributed by atoms with E-state index < -0.39 is 0 Å². The predicted octanol–water partition coefficient (Wildman–Crippen LogP) is 1.23. The summed E-state index contributed by atoms with van der Waals surface area (Å²) in [5.41, 5.74) is 2.45. The lowest BCUT2D eigenvalue weighted by molar-refractivity contribution is 0.411. The van der Waals surface area contributed by atoms with Crippen molar-refractivity contribution in [2.24, 2.45) is 5.84 Å². The third-order valence-corrected chi connectivity index (χ3v) is 2.45. The smallest absolute Gasteiger partial charge is 0.121 e. The number of hydrogen-bond donors (Lipinski definition) is 1. The van der Waals surface area contributed by atoms with E-state index in [1.807, 2.05) is 18.0 Å². The van der Waals surface area contributed by atoms with E-state index >= 15 is 0 Å². The second-order valence-electron chi connectivity index (χ2n) is 3.44. The van der Waals surface area contributed by atoms with Gasteiger partial charge in [0.05, 0.1) is 13.2 Å². The summed E-state index contributed by atoms with van der Waals surface area (Å²) in [6.45, 7) is 3.01. The fourth-order valence-corrected chi connectivity index (χ4v) is 1.56. The van der Waals surface area contributed by atoms with Crippen LogP contribution in [0.2, 0.25) is 0 Å². The van der Waals surface area contributed by atoms with E-state index in [-0.39, 0.29) is 0 Å². The molecular formula is C10H14N2O.